The fourth-order valence-corrected chi connectivity index (χ4v) is 2.38. The molecule has 1 fully saturated rings. The van der Waals surface area contributed by atoms with Gasteiger partial charge in [0.2, 0.25) is 5.91 Å². The molecule has 0 atom stereocenters. The number of aliphatic hydroxyl groups excluding tert-OH is 1. The molecule has 1 N–H and O–H groups in total. The molecule has 0 radical (unpaired) electrons. The first-order valence-electron chi connectivity index (χ1n) is 6.16. The third kappa shape index (κ3) is 1.97. The number of nitrogens with zero attached hydrogens (tertiary/aromatic N) is 1. The fourth-order valence-electron chi connectivity index (χ4n) is 2.38. The van der Waals surface area contributed by atoms with Gasteiger partial charge in [-0.2, -0.15) is 0 Å². The van der Waals surface area contributed by atoms with Gasteiger partial charge in [0.1, 0.15) is 0 Å². The molecule has 1 amide bonds. The van der Waals surface area contributed by atoms with Gasteiger partial charge in [-0.25, -0.2) is 0 Å². The van der Waals surface area contributed by atoms with Crippen LogP contribution in [0.2, 0.25) is 0 Å². The molecule has 3 rings (SSSR count). The van der Waals surface area contributed by atoms with E-state index in [0.717, 1.165) is 16.3 Å². The van der Waals surface area contributed by atoms with Gasteiger partial charge < -0.3 is 10.0 Å². The Balaban J connectivity index is 1.84. The van der Waals surface area contributed by atoms with E-state index in [1.807, 2.05) is 30.3 Å². The van der Waals surface area contributed by atoms with E-state index in [1.165, 1.54) is 0 Å². The third-order valence-corrected chi connectivity index (χ3v) is 3.44. The Bertz CT molecular complexity index is 583. The molecule has 1 aliphatic heterocycles. The summed E-state index contributed by atoms with van der Waals surface area (Å²) >= 11 is 0. The Kier molecular flexibility index (Phi) is 2.76. The van der Waals surface area contributed by atoms with Gasteiger partial charge in [-0.3, -0.25) is 4.79 Å². The molecule has 1 heterocycles. The average molecular weight is 241 g/mol. The van der Waals surface area contributed by atoms with Crippen molar-refractivity contribution in [3.05, 3.63) is 48.0 Å². The molecule has 2 aromatic rings. The number of fused-ring (bicyclic) bond motifs is 1. The molecule has 0 aromatic heterocycles. The van der Waals surface area contributed by atoms with E-state index < -0.39 is 0 Å². The topological polar surface area (TPSA) is 40.5 Å². The lowest BCUT2D eigenvalue weighted by Crippen LogP contribution is -2.53. The molecule has 0 bridgehead atoms. The summed E-state index contributed by atoms with van der Waals surface area (Å²) in [6, 6.07) is 14.1. The lowest BCUT2D eigenvalue weighted by Gasteiger charge is -2.36. The summed E-state index contributed by atoms with van der Waals surface area (Å²) in [5.41, 5.74) is 1.06. The monoisotopic (exact) mass is 241 g/mol. The van der Waals surface area contributed by atoms with Gasteiger partial charge in [0.05, 0.1) is 12.5 Å². The van der Waals surface area contributed by atoms with E-state index in [1.54, 1.807) is 4.90 Å². The highest BCUT2D eigenvalue weighted by Crippen LogP contribution is 2.20. The number of rotatable bonds is 2. The summed E-state index contributed by atoms with van der Waals surface area (Å²) in [6.07, 6.45) is 0.0788. The van der Waals surface area contributed by atoms with E-state index in [4.69, 9.17) is 0 Å². The fraction of sp³-hybridized carbons (Fsp3) is 0.267. The smallest absolute Gasteiger partial charge is 0.227 e. The van der Waals surface area contributed by atoms with Gasteiger partial charge in [-0.1, -0.05) is 42.5 Å². The van der Waals surface area contributed by atoms with Gasteiger partial charge in [0.25, 0.3) is 0 Å². The predicted octanol–water partition coefficient (Wildman–Crippen LogP) is 1.59. The van der Waals surface area contributed by atoms with Crippen LogP contribution in [0.3, 0.4) is 0 Å². The van der Waals surface area contributed by atoms with E-state index in [2.05, 4.69) is 12.1 Å². The van der Waals surface area contributed by atoms with Crippen LogP contribution in [0.5, 0.6) is 0 Å². The number of benzene rings is 2. The zero-order chi connectivity index (χ0) is 12.5. The molecule has 0 spiro atoms. The molecule has 1 aliphatic rings. The van der Waals surface area contributed by atoms with E-state index in [-0.39, 0.29) is 12.0 Å². The van der Waals surface area contributed by atoms with Gasteiger partial charge in [-0.05, 0) is 16.3 Å². The number of hydrogen-bond acceptors (Lipinski definition) is 2. The lowest BCUT2D eigenvalue weighted by molar-refractivity contribution is -0.140. The second-order valence-corrected chi connectivity index (χ2v) is 4.77. The molecule has 2 aromatic carbocycles. The normalized spacial score (nSPS) is 15.7. The van der Waals surface area contributed by atoms with Crippen LogP contribution in [0.4, 0.5) is 0 Å². The quantitative estimate of drug-likeness (QED) is 0.867. The van der Waals surface area contributed by atoms with Crippen LogP contribution < -0.4 is 0 Å². The number of likely N-dealkylation sites (tertiary alicyclic amines) is 1. The molecule has 0 unspecified atom stereocenters. The number of hydrogen-bond donors (Lipinski definition) is 1. The molecule has 0 saturated carbocycles. The Morgan fingerprint density at radius 1 is 1.17 bits per heavy atom. The van der Waals surface area contributed by atoms with Crippen LogP contribution in [0.25, 0.3) is 10.8 Å². The highest BCUT2D eigenvalue weighted by Gasteiger charge is 2.28. The van der Waals surface area contributed by atoms with Gasteiger partial charge in [-0.15, -0.1) is 0 Å². The van der Waals surface area contributed by atoms with Crippen molar-refractivity contribution in [2.75, 3.05) is 13.1 Å². The Morgan fingerprint density at radius 3 is 2.67 bits per heavy atom. The molecule has 0 aliphatic carbocycles. The zero-order valence-electron chi connectivity index (χ0n) is 10.0. The molecular formula is C15H15NO2. The first-order valence-corrected chi connectivity index (χ1v) is 6.16. The number of carbonyl (C=O) groups is 1. The van der Waals surface area contributed by atoms with Crippen molar-refractivity contribution in [3.63, 3.8) is 0 Å². The maximum absolute atomic E-state index is 12.0. The minimum atomic E-state index is -0.332. The first-order chi connectivity index (χ1) is 8.74. The Labute approximate surface area is 106 Å². The van der Waals surface area contributed by atoms with Crippen LogP contribution in [0.1, 0.15) is 5.56 Å². The maximum atomic E-state index is 12.0. The van der Waals surface area contributed by atoms with Crippen LogP contribution in [0.15, 0.2) is 42.5 Å². The Hall–Kier alpha value is -1.87. The highest BCUT2D eigenvalue weighted by atomic mass is 16.3. The molecule has 18 heavy (non-hydrogen) atoms. The SMILES string of the molecule is O=C(Cc1cccc2ccccc12)N1CC(O)C1. The summed E-state index contributed by atoms with van der Waals surface area (Å²) in [7, 11) is 0. The Morgan fingerprint density at radius 2 is 1.89 bits per heavy atom. The molecule has 92 valence electrons. The zero-order valence-corrected chi connectivity index (χ0v) is 10.0. The number of aliphatic hydroxyl groups is 1. The largest absolute Gasteiger partial charge is 0.389 e. The molecule has 1 saturated heterocycles. The minimum absolute atomic E-state index is 0.0941. The van der Waals surface area contributed by atoms with E-state index >= 15 is 0 Å². The molecule has 3 heteroatoms. The maximum Gasteiger partial charge on any atom is 0.227 e. The number of amides is 1. The average Bonchev–Trinajstić information content (AvgIpc) is 2.35. The van der Waals surface area contributed by atoms with Crippen molar-refractivity contribution < 1.29 is 9.90 Å². The van der Waals surface area contributed by atoms with E-state index in [0.29, 0.717) is 19.5 Å². The van der Waals surface area contributed by atoms with Gasteiger partial charge in [0.15, 0.2) is 0 Å². The standard InChI is InChI=1S/C15H15NO2/c17-13-9-16(10-13)15(18)8-12-6-3-5-11-4-1-2-7-14(11)12/h1-7,13,17H,8-10H2. The highest BCUT2D eigenvalue weighted by molar-refractivity contribution is 5.90. The lowest BCUT2D eigenvalue weighted by atomic mass is 10.0. The predicted molar refractivity (Wildman–Crippen MR) is 70.2 cm³/mol. The second kappa shape index (κ2) is 4.42. The van der Waals surface area contributed by atoms with Crippen LogP contribution >= 0.6 is 0 Å². The summed E-state index contributed by atoms with van der Waals surface area (Å²) in [5.74, 6) is 0.0941. The van der Waals surface area contributed by atoms with Crippen molar-refractivity contribution in [1.29, 1.82) is 0 Å². The first kappa shape index (κ1) is 11.2. The molecule has 3 nitrogen and oxygen atoms in total. The molecular weight excluding hydrogens is 226 g/mol. The van der Waals surface area contributed by atoms with Crippen LogP contribution in [-0.4, -0.2) is 35.1 Å². The summed E-state index contributed by atoms with van der Waals surface area (Å²) in [4.78, 5) is 13.7. The van der Waals surface area contributed by atoms with Crippen LogP contribution in [0, 0.1) is 0 Å². The number of carbonyl (C=O) groups excluding carboxylic acids is 1. The van der Waals surface area contributed by atoms with Gasteiger partial charge in [0, 0.05) is 13.1 Å². The number of β-amino-alcohol motifs (C(OH)–C–C–N with tert-alkyl or cyclic N) is 1. The van der Waals surface area contributed by atoms with Crippen molar-refractivity contribution in [3.8, 4) is 0 Å². The van der Waals surface area contributed by atoms with Crippen molar-refractivity contribution in [1.82, 2.24) is 4.90 Å². The third-order valence-electron chi connectivity index (χ3n) is 3.44. The van der Waals surface area contributed by atoms with Crippen LogP contribution in [-0.2, 0) is 11.2 Å². The van der Waals surface area contributed by atoms with Crippen molar-refractivity contribution in [2.24, 2.45) is 0 Å². The summed E-state index contributed by atoms with van der Waals surface area (Å²) in [6.45, 7) is 0.952. The minimum Gasteiger partial charge on any atom is -0.389 e. The summed E-state index contributed by atoms with van der Waals surface area (Å²) < 4.78 is 0. The second-order valence-electron chi connectivity index (χ2n) is 4.77. The van der Waals surface area contributed by atoms with Gasteiger partial charge >= 0.3 is 0 Å². The van der Waals surface area contributed by atoms with E-state index in [9.17, 15) is 9.90 Å². The van der Waals surface area contributed by atoms with Crippen molar-refractivity contribution in [2.45, 2.75) is 12.5 Å². The summed E-state index contributed by atoms with van der Waals surface area (Å²) in [5, 5.41) is 11.5. The van der Waals surface area contributed by atoms with Crippen molar-refractivity contribution >= 4 is 16.7 Å².